The van der Waals surface area contributed by atoms with E-state index in [4.69, 9.17) is 0 Å². The molecule has 2 amide bonds. The summed E-state index contributed by atoms with van der Waals surface area (Å²) in [6.07, 6.45) is 4.55. The Bertz CT molecular complexity index is 1250. The van der Waals surface area contributed by atoms with Crippen molar-refractivity contribution in [2.45, 2.75) is 38.6 Å². The quantitative estimate of drug-likeness (QED) is 0.554. The Morgan fingerprint density at radius 1 is 1.00 bits per heavy atom. The van der Waals surface area contributed by atoms with Crippen molar-refractivity contribution < 1.29 is 9.59 Å². The molecule has 0 radical (unpaired) electrons. The van der Waals surface area contributed by atoms with Crippen LogP contribution in [0.15, 0.2) is 48.5 Å². The summed E-state index contributed by atoms with van der Waals surface area (Å²) in [5, 5.41) is 6.52. The van der Waals surface area contributed by atoms with Crippen LogP contribution in [0.2, 0.25) is 0 Å². The molecular formula is C28H33N5O2. The zero-order chi connectivity index (χ0) is 24.4. The number of para-hydroxylation sites is 1. The average Bonchev–Trinajstić information content (AvgIpc) is 3.38. The second-order valence-electron chi connectivity index (χ2n) is 9.66. The van der Waals surface area contributed by atoms with E-state index in [1.807, 2.05) is 31.2 Å². The Balaban J connectivity index is 1.31. The Hall–Kier alpha value is -3.45. The molecule has 1 aromatic heterocycles. The predicted octanol–water partition coefficient (Wildman–Crippen LogP) is 3.82. The van der Waals surface area contributed by atoms with Crippen LogP contribution in [0.1, 0.15) is 42.1 Å². The molecule has 2 aromatic carbocycles. The smallest absolute Gasteiger partial charge is 0.313 e. The molecule has 0 bridgehead atoms. The third kappa shape index (κ3) is 5.00. The minimum atomic E-state index is -0.659. The summed E-state index contributed by atoms with van der Waals surface area (Å²) in [7, 11) is 2.14. The zero-order valence-electron chi connectivity index (χ0n) is 20.5. The van der Waals surface area contributed by atoms with Crippen molar-refractivity contribution in [2.75, 3.05) is 43.4 Å². The number of aromatic nitrogens is 1. The number of nitrogens with zero attached hydrogens (tertiary/aromatic N) is 3. The first-order valence-corrected chi connectivity index (χ1v) is 12.5. The van der Waals surface area contributed by atoms with Gasteiger partial charge in [0.15, 0.2) is 0 Å². The van der Waals surface area contributed by atoms with Crippen molar-refractivity contribution in [3.63, 3.8) is 0 Å². The highest BCUT2D eigenvalue weighted by molar-refractivity contribution is 6.40. The maximum absolute atomic E-state index is 12.8. The Morgan fingerprint density at radius 2 is 1.80 bits per heavy atom. The van der Waals surface area contributed by atoms with E-state index < -0.39 is 11.8 Å². The van der Waals surface area contributed by atoms with Crippen LogP contribution >= 0.6 is 0 Å². The van der Waals surface area contributed by atoms with E-state index in [1.54, 1.807) is 6.07 Å². The number of hydrogen-bond acceptors (Lipinski definition) is 5. The van der Waals surface area contributed by atoms with Crippen LogP contribution in [0.4, 0.5) is 11.4 Å². The normalized spacial score (nSPS) is 16.7. The second kappa shape index (κ2) is 10.0. The predicted molar refractivity (Wildman–Crippen MR) is 140 cm³/mol. The fourth-order valence-electron chi connectivity index (χ4n) is 5.38. The number of likely N-dealkylation sites (tertiary alicyclic amines) is 1. The number of anilines is 2. The standard InChI is InChI=1S/C28H33N5O2/c1-19-16-24(22-9-3-4-10-23(22)30-19)31-28(35)27(34)29-18-26(33-14-5-6-15-33)21-11-12-25-20(17-21)8-7-13-32(25)2/h3-4,9-12,16-17,26H,5-8,13-15,18H2,1-2H3,(H,29,34)(H,30,31,35)/t26-/m0/s1. The summed E-state index contributed by atoms with van der Waals surface area (Å²) in [6, 6.07) is 16.1. The Labute approximate surface area is 206 Å². The molecule has 5 rings (SSSR count). The fourth-order valence-corrected chi connectivity index (χ4v) is 5.38. The molecule has 7 heteroatoms. The molecule has 1 atom stereocenters. The van der Waals surface area contributed by atoms with Crippen LogP contribution in [-0.2, 0) is 16.0 Å². The number of carbonyl (C=O) groups is 2. The number of aryl methyl sites for hydroxylation is 2. The highest BCUT2D eigenvalue weighted by atomic mass is 16.2. The Morgan fingerprint density at radius 3 is 2.63 bits per heavy atom. The first kappa shape index (κ1) is 23.3. The molecular weight excluding hydrogens is 438 g/mol. The molecule has 1 fully saturated rings. The van der Waals surface area contributed by atoms with Gasteiger partial charge in [-0.15, -0.1) is 0 Å². The maximum Gasteiger partial charge on any atom is 0.313 e. The molecule has 182 valence electrons. The molecule has 35 heavy (non-hydrogen) atoms. The topological polar surface area (TPSA) is 77.6 Å². The lowest BCUT2D eigenvalue weighted by Crippen LogP contribution is -2.41. The van der Waals surface area contributed by atoms with Crippen molar-refractivity contribution in [3.05, 3.63) is 65.4 Å². The summed E-state index contributed by atoms with van der Waals surface area (Å²) in [4.78, 5) is 34.9. The van der Waals surface area contributed by atoms with E-state index in [9.17, 15) is 9.59 Å². The molecule has 0 spiro atoms. The second-order valence-corrected chi connectivity index (χ2v) is 9.66. The van der Waals surface area contributed by atoms with Gasteiger partial charge in [-0.1, -0.05) is 30.3 Å². The van der Waals surface area contributed by atoms with Crippen LogP contribution in [0.5, 0.6) is 0 Å². The first-order valence-electron chi connectivity index (χ1n) is 12.5. The molecule has 2 aliphatic rings. The summed E-state index contributed by atoms with van der Waals surface area (Å²) in [5.41, 5.74) is 6.04. The molecule has 0 unspecified atom stereocenters. The van der Waals surface area contributed by atoms with Gasteiger partial charge in [-0.25, -0.2) is 0 Å². The Kier molecular flexibility index (Phi) is 6.68. The minimum Gasteiger partial charge on any atom is -0.374 e. The number of fused-ring (bicyclic) bond motifs is 2. The highest BCUT2D eigenvalue weighted by Gasteiger charge is 2.26. The number of carbonyl (C=O) groups excluding carboxylic acids is 2. The average molecular weight is 472 g/mol. The molecule has 2 aliphatic heterocycles. The SMILES string of the molecule is Cc1cc(NC(=O)C(=O)NC[C@@H](c2ccc3c(c2)CCCN3C)N2CCCC2)c2ccccc2n1. The largest absolute Gasteiger partial charge is 0.374 e. The molecule has 1 saturated heterocycles. The molecule has 3 aromatic rings. The lowest BCUT2D eigenvalue weighted by atomic mass is 9.96. The summed E-state index contributed by atoms with van der Waals surface area (Å²) in [6.45, 7) is 5.37. The van der Waals surface area contributed by atoms with Crippen LogP contribution in [-0.4, -0.2) is 54.9 Å². The highest BCUT2D eigenvalue weighted by Crippen LogP contribution is 2.32. The van der Waals surface area contributed by atoms with Crippen LogP contribution in [0.3, 0.4) is 0 Å². The summed E-state index contributed by atoms with van der Waals surface area (Å²) in [5.74, 6) is -1.28. The van der Waals surface area contributed by atoms with E-state index in [-0.39, 0.29) is 6.04 Å². The number of nitrogens with one attached hydrogen (secondary N) is 2. The number of pyridine rings is 1. The van der Waals surface area contributed by atoms with Gasteiger partial charge in [0.2, 0.25) is 0 Å². The van der Waals surface area contributed by atoms with Gasteiger partial charge in [-0.05, 0) is 75.0 Å². The van der Waals surface area contributed by atoms with Gasteiger partial charge in [0.25, 0.3) is 0 Å². The van der Waals surface area contributed by atoms with E-state index in [1.165, 1.54) is 16.8 Å². The number of rotatable bonds is 5. The van der Waals surface area contributed by atoms with E-state index in [0.29, 0.717) is 12.2 Å². The van der Waals surface area contributed by atoms with Gasteiger partial charge in [-0.2, -0.15) is 0 Å². The van der Waals surface area contributed by atoms with Crippen molar-refractivity contribution in [1.29, 1.82) is 0 Å². The third-order valence-electron chi connectivity index (χ3n) is 7.18. The van der Waals surface area contributed by atoms with Gasteiger partial charge in [0, 0.05) is 36.9 Å². The lowest BCUT2D eigenvalue weighted by molar-refractivity contribution is -0.136. The van der Waals surface area contributed by atoms with Gasteiger partial charge in [-0.3, -0.25) is 19.5 Å². The maximum atomic E-state index is 12.8. The molecule has 0 saturated carbocycles. The molecule has 0 aliphatic carbocycles. The van der Waals surface area contributed by atoms with Crippen molar-refractivity contribution >= 4 is 34.1 Å². The monoisotopic (exact) mass is 471 g/mol. The van der Waals surface area contributed by atoms with Gasteiger partial charge < -0.3 is 15.5 Å². The number of amides is 2. The van der Waals surface area contributed by atoms with Gasteiger partial charge in [0.05, 0.1) is 17.2 Å². The summed E-state index contributed by atoms with van der Waals surface area (Å²) >= 11 is 0. The lowest BCUT2D eigenvalue weighted by Gasteiger charge is -2.31. The number of benzene rings is 2. The molecule has 2 N–H and O–H groups in total. The third-order valence-corrected chi connectivity index (χ3v) is 7.18. The minimum absolute atomic E-state index is 0.0517. The first-order chi connectivity index (χ1) is 17.0. The van der Waals surface area contributed by atoms with Crippen molar-refractivity contribution in [1.82, 2.24) is 15.2 Å². The van der Waals surface area contributed by atoms with Crippen LogP contribution in [0.25, 0.3) is 10.9 Å². The van der Waals surface area contributed by atoms with E-state index in [2.05, 4.69) is 50.7 Å². The van der Waals surface area contributed by atoms with E-state index >= 15 is 0 Å². The van der Waals surface area contributed by atoms with Crippen molar-refractivity contribution in [3.8, 4) is 0 Å². The number of hydrogen-bond donors (Lipinski definition) is 2. The van der Waals surface area contributed by atoms with Crippen LogP contribution in [0, 0.1) is 6.92 Å². The van der Waals surface area contributed by atoms with E-state index in [0.717, 1.165) is 61.9 Å². The molecule has 7 nitrogen and oxygen atoms in total. The molecule has 3 heterocycles. The van der Waals surface area contributed by atoms with Crippen molar-refractivity contribution in [2.24, 2.45) is 0 Å². The van der Waals surface area contributed by atoms with Crippen LogP contribution < -0.4 is 15.5 Å². The van der Waals surface area contributed by atoms with Gasteiger partial charge in [0.1, 0.15) is 0 Å². The zero-order valence-corrected chi connectivity index (χ0v) is 20.5. The fraction of sp³-hybridized carbons (Fsp3) is 0.393. The van der Waals surface area contributed by atoms with Gasteiger partial charge >= 0.3 is 11.8 Å². The summed E-state index contributed by atoms with van der Waals surface area (Å²) < 4.78 is 0.